The van der Waals surface area contributed by atoms with Gasteiger partial charge in [-0.3, -0.25) is 4.68 Å². The molecule has 0 radical (unpaired) electrons. The quantitative estimate of drug-likeness (QED) is 0.249. The fraction of sp³-hybridized carbons (Fsp3) is 0.714. The molecule has 1 heterocycles. The summed E-state index contributed by atoms with van der Waals surface area (Å²) in [5, 5.41) is 20.9. The van der Waals surface area contributed by atoms with Crippen molar-refractivity contribution in [3.05, 3.63) is 18.0 Å². The van der Waals surface area contributed by atoms with E-state index in [2.05, 4.69) is 20.7 Å². The minimum atomic E-state index is -1.05. The topological polar surface area (TPSA) is 83.7 Å². The molecule has 0 aromatic carbocycles. The molecule has 22 heavy (non-hydrogen) atoms. The Hall–Kier alpha value is -0.870. The summed E-state index contributed by atoms with van der Waals surface area (Å²) in [4.78, 5) is 4.42. The summed E-state index contributed by atoms with van der Waals surface area (Å²) in [6.45, 7) is 8.71. The van der Waals surface area contributed by atoms with Gasteiger partial charge in [-0.05, 0) is 20.8 Å². The SMILES string of the molecule is CCNC(=NCC(C)(O)c1cnn(C)c1)NCCOCC.I. The van der Waals surface area contributed by atoms with Crippen LogP contribution in [0.3, 0.4) is 0 Å². The van der Waals surface area contributed by atoms with Gasteiger partial charge >= 0.3 is 0 Å². The second-order valence-corrected chi connectivity index (χ2v) is 5.00. The molecule has 1 aromatic heterocycles. The van der Waals surface area contributed by atoms with Gasteiger partial charge in [-0.2, -0.15) is 5.10 Å². The van der Waals surface area contributed by atoms with Crippen molar-refractivity contribution in [2.45, 2.75) is 26.4 Å². The normalized spacial score (nSPS) is 14.1. The Morgan fingerprint density at radius 1 is 1.45 bits per heavy atom. The highest BCUT2D eigenvalue weighted by atomic mass is 127. The number of hydrogen-bond acceptors (Lipinski definition) is 4. The van der Waals surface area contributed by atoms with Crippen LogP contribution in [0.4, 0.5) is 0 Å². The van der Waals surface area contributed by atoms with E-state index in [1.165, 1.54) is 0 Å². The monoisotopic (exact) mass is 425 g/mol. The van der Waals surface area contributed by atoms with Gasteiger partial charge in [-0.15, -0.1) is 24.0 Å². The summed E-state index contributed by atoms with van der Waals surface area (Å²) in [5.74, 6) is 0.668. The molecule has 8 heteroatoms. The molecular formula is C14H28IN5O2. The second-order valence-electron chi connectivity index (χ2n) is 5.00. The minimum Gasteiger partial charge on any atom is -0.383 e. The molecule has 0 bridgehead atoms. The molecule has 0 aliphatic carbocycles. The Balaban J connectivity index is 0.00000441. The van der Waals surface area contributed by atoms with Crippen LogP contribution in [-0.4, -0.2) is 53.7 Å². The highest BCUT2D eigenvalue weighted by Gasteiger charge is 2.24. The highest BCUT2D eigenvalue weighted by molar-refractivity contribution is 14.0. The van der Waals surface area contributed by atoms with Gasteiger partial charge in [-0.25, -0.2) is 4.99 Å². The third kappa shape index (κ3) is 7.41. The average Bonchev–Trinajstić information content (AvgIpc) is 2.88. The standard InChI is InChI=1S/C14H27N5O2.HI/c1-5-15-13(16-7-8-21-6-2)17-11-14(3,20)12-9-18-19(4)10-12;/h9-10,20H,5-8,11H2,1-4H3,(H2,15,16,17);1H. The Morgan fingerprint density at radius 3 is 2.73 bits per heavy atom. The van der Waals surface area contributed by atoms with E-state index < -0.39 is 5.60 Å². The van der Waals surface area contributed by atoms with Crippen molar-refractivity contribution >= 4 is 29.9 Å². The predicted molar refractivity (Wildman–Crippen MR) is 98.7 cm³/mol. The van der Waals surface area contributed by atoms with Gasteiger partial charge in [-0.1, -0.05) is 0 Å². The van der Waals surface area contributed by atoms with Crippen LogP contribution in [0.5, 0.6) is 0 Å². The van der Waals surface area contributed by atoms with Crippen LogP contribution in [0.1, 0.15) is 26.3 Å². The first-order chi connectivity index (χ1) is 9.99. The van der Waals surface area contributed by atoms with E-state index >= 15 is 0 Å². The number of aliphatic imine (C=N–C) groups is 1. The maximum absolute atomic E-state index is 10.5. The van der Waals surface area contributed by atoms with E-state index in [-0.39, 0.29) is 30.5 Å². The predicted octanol–water partition coefficient (Wildman–Crippen LogP) is 0.837. The van der Waals surface area contributed by atoms with Gasteiger partial charge in [0.2, 0.25) is 0 Å². The van der Waals surface area contributed by atoms with Crippen molar-refractivity contribution in [2.75, 3.05) is 32.8 Å². The molecule has 0 aliphatic heterocycles. The number of halogens is 1. The first-order valence-corrected chi connectivity index (χ1v) is 7.31. The van der Waals surface area contributed by atoms with Crippen LogP contribution in [-0.2, 0) is 17.4 Å². The number of aliphatic hydroxyl groups is 1. The molecule has 0 fully saturated rings. The van der Waals surface area contributed by atoms with Gasteiger partial charge < -0.3 is 20.5 Å². The van der Waals surface area contributed by atoms with Crippen LogP contribution in [0.25, 0.3) is 0 Å². The molecule has 1 unspecified atom stereocenters. The van der Waals surface area contributed by atoms with Crippen molar-refractivity contribution in [2.24, 2.45) is 12.0 Å². The molecule has 0 saturated heterocycles. The molecular weight excluding hydrogens is 397 g/mol. The van der Waals surface area contributed by atoms with Crippen LogP contribution in [0, 0.1) is 0 Å². The van der Waals surface area contributed by atoms with Gasteiger partial charge in [0.05, 0.1) is 19.3 Å². The highest BCUT2D eigenvalue weighted by Crippen LogP contribution is 2.19. The molecule has 0 aliphatic rings. The van der Waals surface area contributed by atoms with Crippen molar-refractivity contribution in [1.29, 1.82) is 0 Å². The molecule has 0 spiro atoms. The number of ether oxygens (including phenoxy) is 1. The number of aromatic nitrogens is 2. The minimum absolute atomic E-state index is 0. The molecule has 0 amide bonds. The first kappa shape index (κ1) is 21.1. The fourth-order valence-electron chi connectivity index (χ4n) is 1.75. The summed E-state index contributed by atoms with van der Waals surface area (Å²) in [6, 6.07) is 0. The van der Waals surface area contributed by atoms with E-state index in [1.54, 1.807) is 24.0 Å². The maximum Gasteiger partial charge on any atom is 0.191 e. The van der Waals surface area contributed by atoms with Crippen molar-refractivity contribution in [1.82, 2.24) is 20.4 Å². The summed E-state index contributed by atoms with van der Waals surface area (Å²) in [7, 11) is 1.82. The number of nitrogens with zero attached hydrogens (tertiary/aromatic N) is 3. The third-order valence-corrected chi connectivity index (χ3v) is 2.96. The van der Waals surface area contributed by atoms with Crippen molar-refractivity contribution in [3.63, 3.8) is 0 Å². The lowest BCUT2D eigenvalue weighted by atomic mass is 10.0. The van der Waals surface area contributed by atoms with Crippen LogP contribution in [0.15, 0.2) is 17.4 Å². The lowest BCUT2D eigenvalue weighted by Crippen LogP contribution is -2.40. The molecule has 0 saturated carbocycles. The smallest absolute Gasteiger partial charge is 0.191 e. The van der Waals surface area contributed by atoms with Crippen LogP contribution in [0.2, 0.25) is 0 Å². The molecule has 7 nitrogen and oxygen atoms in total. The number of nitrogens with one attached hydrogen (secondary N) is 2. The zero-order valence-corrected chi connectivity index (χ0v) is 16.1. The van der Waals surface area contributed by atoms with E-state index in [4.69, 9.17) is 4.74 Å². The van der Waals surface area contributed by atoms with Gasteiger partial charge in [0.25, 0.3) is 0 Å². The van der Waals surface area contributed by atoms with E-state index in [0.29, 0.717) is 25.7 Å². The molecule has 1 aromatic rings. The first-order valence-electron chi connectivity index (χ1n) is 7.31. The van der Waals surface area contributed by atoms with E-state index in [9.17, 15) is 5.11 Å². The van der Waals surface area contributed by atoms with Gasteiger partial charge in [0, 0.05) is 38.5 Å². The Morgan fingerprint density at radius 2 is 2.18 bits per heavy atom. The average molecular weight is 425 g/mol. The number of guanidine groups is 1. The molecule has 3 N–H and O–H groups in total. The Labute approximate surface area is 149 Å². The molecule has 1 rings (SSSR count). The zero-order valence-electron chi connectivity index (χ0n) is 13.8. The number of hydrogen-bond donors (Lipinski definition) is 3. The van der Waals surface area contributed by atoms with Crippen molar-refractivity contribution in [3.8, 4) is 0 Å². The largest absolute Gasteiger partial charge is 0.383 e. The maximum atomic E-state index is 10.5. The van der Waals surface area contributed by atoms with Crippen molar-refractivity contribution < 1.29 is 9.84 Å². The third-order valence-electron chi connectivity index (χ3n) is 2.96. The lowest BCUT2D eigenvalue weighted by Gasteiger charge is -2.20. The van der Waals surface area contributed by atoms with Gasteiger partial charge in [0.1, 0.15) is 5.60 Å². The second kappa shape index (κ2) is 10.8. The summed E-state index contributed by atoms with van der Waals surface area (Å²) in [6.07, 6.45) is 3.45. The van der Waals surface area contributed by atoms with E-state index in [1.807, 2.05) is 20.9 Å². The molecule has 1 atom stereocenters. The lowest BCUT2D eigenvalue weighted by molar-refractivity contribution is 0.0671. The molecule has 128 valence electrons. The number of rotatable bonds is 8. The summed E-state index contributed by atoms with van der Waals surface area (Å²) in [5.41, 5.74) is -0.296. The summed E-state index contributed by atoms with van der Waals surface area (Å²) >= 11 is 0. The van der Waals surface area contributed by atoms with Crippen LogP contribution >= 0.6 is 24.0 Å². The number of aryl methyl sites for hydroxylation is 1. The fourth-order valence-corrected chi connectivity index (χ4v) is 1.75. The zero-order chi connectivity index (χ0) is 15.7. The summed E-state index contributed by atoms with van der Waals surface area (Å²) < 4.78 is 6.94. The Kier molecular flexibility index (Phi) is 10.4. The van der Waals surface area contributed by atoms with E-state index in [0.717, 1.165) is 12.1 Å². The van der Waals surface area contributed by atoms with Gasteiger partial charge in [0.15, 0.2) is 5.96 Å². The Bertz CT molecular complexity index is 448. The van der Waals surface area contributed by atoms with Crippen LogP contribution < -0.4 is 10.6 Å².